The van der Waals surface area contributed by atoms with Crippen LogP contribution in [0.2, 0.25) is 0 Å². The maximum Gasteiger partial charge on any atom is 0.355 e. The van der Waals surface area contributed by atoms with Crippen molar-refractivity contribution in [2.24, 2.45) is 0 Å². The number of methoxy groups -OCH3 is 6. The summed E-state index contributed by atoms with van der Waals surface area (Å²) in [6.07, 6.45) is -0.204. The van der Waals surface area contributed by atoms with Crippen LogP contribution < -0.4 is 29.2 Å². The van der Waals surface area contributed by atoms with Crippen LogP contribution in [0.3, 0.4) is 0 Å². The van der Waals surface area contributed by atoms with Crippen molar-refractivity contribution in [3.8, 4) is 45.6 Å². The number of hydrogen-bond acceptors (Lipinski definition) is 9. The molecule has 0 aliphatic rings. The number of hydrogen-bond donors (Lipinski definition) is 1. The van der Waals surface area contributed by atoms with Gasteiger partial charge in [0.15, 0.2) is 23.0 Å². The molecule has 0 aliphatic heterocycles. The number of pyridine rings is 1. The van der Waals surface area contributed by atoms with Gasteiger partial charge in [0, 0.05) is 16.6 Å². The lowest BCUT2D eigenvalue weighted by atomic mass is 9.95. The van der Waals surface area contributed by atoms with Crippen LogP contribution >= 0.6 is 0 Å². The maximum atomic E-state index is 14.1. The molecule has 3 aromatic carbocycles. The Morgan fingerprint density at radius 1 is 0.732 bits per heavy atom. The minimum Gasteiger partial charge on any atom is -0.493 e. The normalized spacial score (nSPS) is 10.7. The van der Waals surface area contributed by atoms with Gasteiger partial charge in [0.2, 0.25) is 5.75 Å². The largest absolute Gasteiger partial charge is 0.493 e. The van der Waals surface area contributed by atoms with Gasteiger partial charge in [-0.25, -0.2) is 4.79 Å². The van der Waals surface area contributed by atoms with Gasteiger partial charge in [0.1, 0.15) is 5.69 Å². The van der Waals surface area contributed by atoms with Crippen molar-refractivity contribution < 1.29 is 43.1 Å². The van der Waals surface area contributed by atoms with Crippen molar-refractivity contribution in [3.05, 3.63) is 70.1 Å². The molecule has 4 rings (SSSR count). The molecule has 0 unspecified atom stereocenters. The van der Waals surface area contributed by atoms with Crippen LogP contribution in [0, 0.1) is 0 Å². The summed E-state index contributed by atoms with van der Waals surface area (Å²) in [6, 6.07) is 12.8. The highest BCUT2D eigenvalue weighted by atomic mass is 16.5. The second-order valence-corrected chi connectivity index (χ2v) is 8.76. The molecule has 214 valence electrons. The van der Waals surface area contributed by atoms with Crippen LogP contribution in [0.5, 0.6) is 28.7 Å². The molecule has 0 saturated heterocycles. The summed E-state index contributed by atoms with van der Waals surface area (Å²) in [5.41, 5.74) is 0.983. The Bertz CT molecular complexity index is 1660. The Kier molecular flexibility index (Phi) is 8.37. The number of aliphatic carboxylic acids is 1. The second-order valence-electron chi connectivity index (χ2n) is 8.76. The predicted molar refractivity (Wildman–Crippen MR) is 150 cm³/mol. The van der Waals surface area contributed by atoms with Gasteiger partial charge in [-0.3, -0.25) is 14.2 Å². The highest BCUT2D eigenvalue weighted by molar-refractivity contribution is 6.08. The summed E-state index contributed by atoms with van der Waals surface area (Å²) >= 11 is 0. The molecule has 0 spiro atoms. The third-order valence-corrected chi connectivity index (χ3v) is 6.57. The van der Waals surface area contributed by atoms with Gasteiger partial charge < -0.3 is 33.5 Å². The van der Waals surface area contributed by atoms with E-state index >= 15 is 0 Å². The zero-order valence-corrected chi connectivity index (χ0v) is 23.4. The van der Waals surface area contributed by atoms with Crippen molar-refractivity contribution in [1.82, 2.24) is 4.57 Å². The van der Waals surface area contributed by atoms with E-state index in [1.54, 1.807) is 42.5 Å². The van der Waals surface area contributed by atoms with E-state index in [-0.39, 0.29) is 17.5 Å². The Morgan fingerprint density at radius 3 is 1.73 bits per heavy atom. The molecule has 1 aromatic heterocycles. The highest BCUT2D eigenvalue weighted by Gasteiger charge is 2.28. The van der Waals surface area contributed by atoms with Gasteiger partial charge in [-0.15, -0.1) is 0 Å². The first-order valence-corrected chi connectivity index (χ1v) is 12.3. The summed E-state index contributed by atoms with van der Waals surface area (Å²) < 4.78 is 34.0. The molecule has 0 saturated carbocycles. The molecular formula is C30H29NO10. The number of carboxylic acids is 1. The zero-order valence-electron chi connectivity index (χ0n) is 23.4. The molecule has 11 nitrogen and oxygen atoms in total. The molecule has 0 aliphatic carbocycles. The lowest BCUT2D eigenvalue weighted by Gasteiger charge is -2.21. The first-order chi connectivity index (χ1) is 19.7. The zero-order chi connectivity index (χ0) is 29.8. The summed E-state index contributed by atoms with van der Waals surface area (Å²) in [7, 11) is 8.53. The smallest absolute Gasteiger partial charge is 0.355 e. The van der Waals surface area contributed by atoms with E-state index in [2.05, 4.69) is 0 Å². The Morgan fingerprint density at radius 2 is 1.27 bits per heavy atom. The van der Waals surface area contributed by atoms with Gasteiger partial charge in [-0.1, -0.05) is 12.1 Å². The van der Waals surface area contributed by atoms with Crippen molar-refractivity contribution in [1.29, 1.82) is 0 Å². The number of nitrogens with zero attached hydrogens (tertiary/aromatic N) is 1. The number of aromatic nitrogens is 1. The first kappa shape index (κ1) is 28.8. The minimum atomic E-state index is -0.999. The fourth-order valence-corrected chi connectivity index (χ4v) is 4.72. The Balaban J connectivity index is 2.23. The molecule has 0 amide bonds. The van der Waals surface area contributed by atoms with Gasteiger partial charge in [-0.2, -0.15) is 0 Å². The minimum absolute atomic E-state index is 0.0857. The van der Waals surface area contributed by atoms with Gasteiger partial charge in [0.05, 0.1) is 54.5 Å². The Hall–Kier alpha value is -5.19. The fourth-order valence-electron chi connectivity index (χ4n) is 4.72. The van der Waals surface area contributed by atoms with Crippen LogP contribution in [-0.4, -0.2) is 64.3 Å². The maximum absolute atomic E-state index is 14.1. The van der Waals surface area contributed by atoms with Crippen molar-refractivity contribution >= 4 is 22.7 Å². The van der Waals surface area contributed by atoms with Crippen LogP contribution in [0.4, 0.5) is 0 Å². The second kappa shape index (κ2) is 11.9. The Labute approximate surface area is 235 Å². The van der Waals surface area contributed by atoms with Crippen LogP contribution in [-0.2, 0) is 16.0 Å². The molecule has 0 bridgehead atoms. The van der Waals surface area contributed by atoms with Crippen LogP contribution in [0.25, 0.3) is 27.6 Å². The van der Waals surface area contributed by atoms with Crippen molar-refractivity contribution in [2.75, 3.05) is 42.7 Å². The first-order valence-electron chi connectivity index (χ1n) is 12.3. The number of rotatable bonds is 10. The standard InChI is InChI=1S/C30H29NO10/c1-36-21-14-19-20(15-22(21)37-2)29(34)31(18-9-7-16(8-10-18)11-25(32)33)27(30(35)41-6)26(19)17-12-23(38-3)28(40-5)24(13-17)39-4/h7-10,12-15H,11H2,1-6H3,(H,32,33). The number of carbonyl (C=O) groups excluding carboxylic acids is 1. The number of benzene rings is 3. The summed E-state index contributed by atoms with van der Waals surface area (Å²) in [4.78, 5) is 38.8. The molecule has 11 heteroatoms. The summed E-state index contributed by atoms with van der Waals surface area (Å²) in [5.74, 6) is -0.172. The SMILES string of the molecule is COC(=O)c1c(-c2cc(OC)c(OC)c(OC)c2)c2cc(OC)c(OC)cc2c(=O)n1-c1ccc(CC(=O)O)cc1. The molecule has 0 fully saturated rings. The fraction of sp³-hybridized carbons (Fsp3) is 0.233. The molecular weight excluding hydrogens is 534 g/mol. The van der Waals surface area contributed by atoms with Gasteiger partial charge >= 0.3 is 11.9 Å². The summed E-state index contributed by atoms with van der Waals surface area (Å²) in [5, 5.41) is 9.77. The van der Waals surface area contributed by atoms with E-state index in [0.29, 0.717) is 56.5 Å². The van der Waals surface area contributed by atoms with Crippen molar-refractivity contribution in [2.45, 2.75) is 6.42 Å². The number of fused-ring (bicyclic) bond motifs is 1. The molecule has 4 aromatic rings. The third-order valence-electron chi connectivity index (χ3n) is 6.57. The van der Waals surface area contributed by atoms with E-state index in [0.717, 1.165) is 0 Å². The van der Waals surface area contributed by atoms with Gasteiger partial charge in [0.25, 0.3) is 5.56 Å². The molecule has 0 radical (unpaired) electrons. The topological polar surface area (TPSA) is 132 Å². The van der Waals surface area contributed by atoms with E-state index in [1.165, 1.54) is 53.3 Å². The number of esters is 1. The summed E-state index contributed by atoms with van der Waals surface area (Å²) in [6.45, 7) is 0. The number of carbonyl (C=O) groups is 2. The molecule has 1 N–H and O–H groups in total. The van der Waals surface area contributed by atoms with E-state index in [4.69, 9.17) is 28.4 Å². The molecule has 1 heterocycles. The predicted octanol–water partition coefficient (Wildman–Crippen LogP) is 4.11. The van der Waals surface area contributed by atoms with Gasteiger partial charge in [-0.05, 0) is 47.5 Å². The highest BCUT2D eigenvalue weighted by Crippen LogP contribution is 2.45. The quantitative estimate of drug-likeness (QED) is 0.281. The average molecular weight is 564 g/mol. The van der Waals surface area contributed by atoms with E-state index in [9.17, 15) is 19.5 Å². The number of carboxylic acid groups (broad SMARTS) is 1. The molecule has 41 heavy (non-hydrogen) atoms. The average Bonchev–Trinajstić information content (AvgIpc) is 2.99. The molecule has 0 atom stereocenters. The lowest BCUT2D eigenvalue weighted by Crippen LogP contribution is -2.27. The van der Waals surface area contributed by atoms with E-state index in [1.807, 2.05) is 0 Å². The monoisotopic (exact) mass is 563 g/mol. The van der Waals surface area contributed by atoms with Crippen molar-refractivity contribution in [3.63, 3.8) is 0 Å². The van der Waals surface area contributed by atoms with Crippen LogP contribution in [0.15, 0.2) is 53.3 Å². The number of ether oxygens (including phenoxy) is 6. The third kappa shape index (κ3) is 5.21. The van der Waals surface area contributed by atoms with E-state index < -0.39 is 17.5 Å². The van der Waals surface area contributed by atoms with Crippen LogP contribution in [0.1, 0.15) is 16.1 Å². The lowest BCUT2D eigenvalue weighted by molar-refractivity contribution is -0.136.